The fourth-order valence-corrected chi connectivity index (χ4v) is 1.80. The molecular weight excluding hydrogens is 252 g/mol. The molecule has 0 fully saturated rings. The van der Waals surface area contributed by atoms with E-state index in [9.17, 15) is 10.4 Å². The molecule has 0 amide bonds. The van der Waals surface area contributed by atoms with Crippen molar-refractivity contribution in [2.75, 3.05) is 7.05 Å². The van der Waals surface area contributed by atoms with E-state index in [-0.39, 0.29) is 6.61 Å². The van der Waals surface area contributed by atoms with Gasteiger partial charge >= 0.3 is 0 Å². The first kappa shape index (κ1) is 15.9. The molecule has 0 heterocycles. The minimum absolute atomic E-state index is 0.0520. The Labute approximate surface area is 119 Å². The van der Waals surface area contributed by atoms with Gasteiger partial charge in [-0.05, 0) is 37.3 Å². The van der Waals surface area contributed by atoms with Crippen molar-refractivity contribution in [3.05, 3.63) is 34.9 Å². The molecule has 1 N–H and O–H groups in total. The SMILES string of the molecule is C=N/C=N\N(C)Cc1cc(CO)cc(C(C)(C)C#N)c1. The molecule has 0 radical (unpaired) electrons. The van der Waals surface area contributed by atoms with Crippen LogP contribution in [-0.2, 0) is 18.6 Å². The van der Waals surface area contributed by atoms with Gasteiger partial charge in [0.25, 0.3) is 0 Å². The molecular formula is C15H20N4O. The number of benzene rings is 1. The third kappa shape index (κ3) is 4.18. The largest absolute Gasteiger partial charge is 0.392 e. The van der Waals surface area contributed by atoms with E-state index in [1.165, 1.54) is 6.34 Å². The van der Waals surface area contributed by atoms with Crippen LogP contribution in [0.2, 0.25) is 0 Å². The number of aliphatic hydroxyl groups excluding tert-OH is 1. The first-order chi connectivity index (χ1) is 9.42. The molecule has 0 aliphatic carbocycles. The molecule has 0 spiro atoms. The smallest absolute Gasteiger partial charge is 0.134 e. The molecule has 106 valence electrons. The average Bonchev–Trinajstić information content (AvgIpc) is 2.44. The lowest BCUT2D eigenvalue weighted by Crippen LogP contribution is -2.16. The normalized spacial score (nSPS) is 11.3. The zero-order valence-corrected chi connectivity index (χ0v) is 12.2. The summed E-state index contributed by atoms with van der Waals surface area (Å²) in [6, 6.07) is 8.01. The Balaban J connectivity index is 3.09. The summed E-state index contributed by atoms with van der Waals surface area (Å²) in [7, 11) is 1.82. The number of hydrogen-bond donors (Lipinski definition) is 1. The van der Waals surface area contributed by atoms with Crippen LogP contribution in [-0.4, -0.2) is 30.2 Å². The molecule has 0 saturated carbocycles. The van der Waals surface area contributed by atoms with Gasteiger partial charge in [0.15, 0.2) is 0 Å². The van der Waals surface area contributed by atoms with Crippen molar-refractivity contribution in [2.24, 2.45) is 10.1 Å². The summed E-state index contributed by atoms with van der Waals surface area (Å²) >= 11 is 0. The second kappa shape index (κ2) is 6.83. The third-order valence-electron chi connectivity index (χ3n) is 2.98. The minimum Gasteiger partial charge on any atom is -0.392 e. The van der Waals surface area contributed by atoms with E-state index < -0.39 is 5.41 Å². The van der Waals surface area contributed by atoms with Crippen LogP contribution in [0.1, 0.15) is 30.5 Å². The van der Waals surface area contributed by atoms with Gasteiger partial charge in [-0.1, -0.05) is 18.2 Å². The molecule has 1 aromatic rings. The van der Waals surface area contributed by atoms with Crippen molar-refractivity contribution in [3.8, 4) is 6.07 Å². The number of aliphatic imine (C=N–C) groups is 1. The summed E-state index contributed by atoms with van der Waals surface area (Å²) in [5.41, 5.74) is 2.07. The van der Waals surface area contributed by atoms with Gasteiger partial charge in [0.05, 0.1) is 24.6 Å². The Bertz CT molecular complexity index is 543. The Morgan fingerprint density at radius 2 is 2.05 bits per heavy atom. The molecule has 0 saturated heterocycles. The summed E-state index contributed by atoms with van der Waals surface area (Å²) in [5, 5.41) is 24.4. The van der Waals surface area contributed by atoms with Gasteiger partial charge in [-0.25, -0.2) is 0 Å². The summed E-state index contributed by atoms with van der Waals surface area (Å²) in [6.07, 6.45) is 1.37. The Morgan fingerprint density at radius 3 is 2.60 bits per heavy atom. The fourth-order valence-electron chi connectivity index (χ4n) is 1.80. The van der Waals surface area contributed by atoms with Crippen LogP contribution in [0.4, 0.5) is 0 Å². The first-order valence-corrected chi connectivity index (χ1v) is 6.28. The number of aliphatic hydroxyl groups is 1. The Hall–Kier alpha value is -2.19. The number of hydrogen-bond acceptors (Lipinski definition) is 4. The van der Waals surface area contributed by atoms with Gasteiger partial charge in [0.1, 0.15) is 6.34 Å². The topological polar surface area (TPSA) is 72.0 Å². The molecule has 0 atom stereocenters. The van der Waals surface area contributed by atoms with E-state index in [4.69, 9.17) is 0 Å². The first-order valence-electron chi connectivity index (χ1n) is 6.28. The summed E-state index contributed by atoms with van der Waals surface area (Å²) < 4.78 is 0. The Morgan fingerprint density at radius 1 is 1.40 bits per heavy atom. The zero-order valence-electron chi connectivity index (χ0n) is 12.2. The van der Waals surface area contributed by atoms with Crippen LogP contribution in [0.25, 0.3) is 0 Å². The van der Waals surface area contributed by atoms with E-state index in [0.717, 1.165) is 16.7 Å². The number of nitrogens with zero attached hydrogens (tertiary/aromatic N) is 4. The van der Waals surface area contributed by atoms with Gasteiger partial charge in [-0.15, -0.1) is 0 Å². The highest BCUT2D eigenvalue weighted by Gasteiger charge is 2.20. The van der Waals surface area contributed by atoms with E-state index >= 15 is 0 Å². The van der Waals surface area contributed by atoms with E-state index in [0.29, 0.717) is 6.54 Å². The zero-order chi connectivity index (χ0) is 15.2. The lowest BCUT2D eigenvalue weighted by molar-refractivity contribution is 0.281. The molecule has 1 aromatic carbocycles. The second-order valence-corrected chi connectivity index (χ2v) is 5.16. The number of hydrazone groups is 1. The van der Waals surface area contributed by atoms with Crippen LogP contribution in [0.15, 0.2) is 28.3 Å². The van der Waals surface area contributed by atoms with Crippen molar-refractivity contribution >= 4 is 13.1 Å². The quantitative estimate of drug-likeness (QED) is 0.489. The van der Waals surface area contributed by atoms with Crippen molar-refractivity contribution in [3.63, 3.8) is 0 Å². The third-order valence-corrected chi connectivity index (χ3v) is 2.98. The molecule has 0 bridgehead atoms. The molecule has 5 heteroatoms. The number of rotatable bonds is 6. The average molecular weight is 272 g/mol. The highest BCUT2D eigenvalue weighted by atomic mass is 16.3. The maximum atomic E-state index is 9.35. The van der Waals surface area contributed by atoms with E-state index in [1.54, 1.807) is 5.01 Å². The molecule has 1 rings (SSSR count). The minimum atomic E-state index is -0.593. The van der Waals surface area contributed by atoms with Crippen molar-refractivity contribution in [1.29, 1.82) is 5.26 Å². The van der Waals surface area contributed by atoms with Crippen molar-refractivity contribution in [1.82, 2.24) is 5.01 Å². The lowest BCUT2D eigenvalue weighted by Gasteiger charge is -2.20. The highest BCUT2D eigenvalue weighted by Crippen LogP contribution is 2.25. The maximum Gasteiger partial charge on any atom is 0.134 e. The van der Waals surface area contributed by atoms with Crippen LogP contribution >= 0.6 is 0 Å². The predicted octanol–water partition coefficient (Wildman–Crippen LogP) is 2.06. The van der Waals surface area contributed by atoms with Gasteiger partial charge < -0.3 is 5.11 Å². The molecule has 0 aromatic heterocycles. The van der Waals surface area contributed by atoms with Crippen molar-refractivity contribution in [2.45, 2.75) is 32.4 Å². The molecule has 20 heavy (non-hydrogen) atoms. The highest BCUT2D eigenvalue weighted by molar-refractivity contribution is 5.61. The van der Waals surface area contributed by atoms with Gasteiger partial charge in [-0.2, -0.15) is 10.4 Å². The monoisotopic (exact) mass is 272 g/mol. The second-order valence-electron chi connectivity index (χ2n) is 5.16. The number of nitriles is 1. The predicted molar refractivity (Wildman–Crippen MR) is 80.5 cm³/mol. The molecule has 0 aliphatic heterocycles. The summed E-state index contributed by atoms with van der Waals surface area (Å²) in [5.74, 6) is 0. The Kier molecular flexibility index (Phi) is 5.42. The van der Waals surface area contributed by atoms with Crippen LogP contribution < -0.4 is 0 Å². The molecule has 5 nitrogen and oxygen atoms in total. The summed E-state index contributed by atoms with van der Waals surface area (Å²) in [4.78, 5) is 3.55. The standard InChI is InChI=1S/C15H20N4O/c1-15(2,10-16)14-6-12(5-13(7-14)9-20)8-19(4)18-11-17-3/h5-7,11,20H,3,8-9H2,1-2,4H3/b18-11-. The molecule has 0 aliphatic rings. The summed E-state index contributed by atoms with van der Waals surface area (Å²) in [6.45, 7) is 7.56. The van der Waals surface area contributed by atoms with Crippen molar-refractivity contribution < 1.29 is 5.11 Å². The van der Waals surface area contributed by atoms with Crippen LogP contribution in [0.3, 0.4) is 0 Å². The van der Waals surface area contributed by atoms with Gasteiger partial charge in [0, 0.05) is 7.05 Å². The maximum absolute atomic E-state index is 9.35. The van der Waals surface area contributed by atoms with Crippen LogP contribution in [0.5, 0.6) is 0 Å². The van der Waals surface area contributed by atoms with E-state index in [2.05, 4.69) is 22.9 Å². The van der Waals surface area contributed by atoms with Gasteiger partial charge in [-0.3, -0.25) is 10.0 Å². The van der Waals surface area contributed by atoms with E-state index in [1.807, 2.05) is 39.1 Å². The fraction of sp³-hybridized carbons (Fsp3) is 0.400. The van der Waals surface area contributed by atoms with Gasteiger partial charge in [0.2, 0.25) is 0 Å². The van der Waals surface area contributed by atoms with Crippen LogP contribution in [0, 0.1) is 11.3 Å². The lowest BCUT2D eigenvalue weighted by atomic mass is 9.84. The molecule has 0 unspecified atom stereocenters.